The average Bonchev–Trinajstić information content (AvgIpc) is 3.14. The van der Waals surface area contributed by atoms with Gasteiger partial charge in [-0.2, -0.15) is 5.26 Å². The molecule has 0 fully saturated rings. The molecule has 0 spiro atoms. The molecule has 0 aliphatic heterocycles. The number of ether oxygens (including phenoxy) is 1. The molecule has 1 N–H and O–H groups in total. The van der Waals surface area contributed by atoms with Crippen molar-refractivity contribution in [2.75, 3.05) is 12.4 Å². The third-order valence-electron chi connectivity index (χ3n) is 5.30. The Balaban J connectivity index is 1.70. The lowest BCUT2D eigenvalue weighted by molar-refractivity contribution is 0.102. The van der Waals surface area contributed by atoms with E-state index in [9.17, 15) is 10.1 Å². The molecule has 1 aromatic heterocycles. The van der Waals surface area contributed by atoms with Gasteiger partial charge in [-0.25, -0.2) is 0 Å². The minimum atomic E-state index is -0.267. The van der Waals surface area contributed by atoms with Crippen LogP contribution in [0.25, 0.3) is 22.2 Å². The molecule has 0 aliphatic carbocycles. The Kier molecular flexibility index (Phi) is 6.09. The highest BCUT2D eigenvalue weighted by Gasteiger charge is 2.19. The van der Waals surface area contributed by atoms with Crippen molar-refractivity contribution in [3.8, 4) is 23.1 Å². The zero-order chi connectivity index (χ0) is 22.8. The summed E-state index contributed by atoms with van der Waals surface area (Å²) < 4.78 is 7.44. The third-order valence-corrected chi connectivity index (χ3v) is 6.04. The number of amides is 1. The second-order valence-corrected chi connectivity index (χ2v) is 7.94. The van der Waals surface area contributed by atoms with Gasteiger partial charge in [-0.1, -0.05) is 35.3 Å². The smallest absolute Gasteiger partial charge is 0.255 e. The number of methoxy groups -OCH3 is 1. The summed E-state index contributed by atoms with van der Waals surface area (Å²) in [6.45, 7) is 2.71. The van der Waals surface area contributed by atoms with Crippen LogP contribution in [-0.4, -0.2) is 17.6 Å². The lowest BCUT2D eigenvalue weighted by Gasteiger charge is -2.10. The van der Waals surface area contributed by atoms with Crippen LogP contribution in [0.5, 0.6) is 5.75 Å². The Morgan fingerprint density at radius 2 is 1.81 bits per heavy atom. The van der Waals surface area contributed by atoms with Crippen molar-refractivity contribution in [1.82, 2.24) is 4.57 Å². The molecule has 0 bridgehead atoms. The summed E-state index contributed by atoms with van der Waals surface area (Å²) in [4.78, 5) is 12.7. The van der Waals surface area contributed by atoms with Gasteiger partial charge in [0.2, 0.25) is 0 Å². The number of nitrogens with one attached hydrogen (secondary N) is 1. The van der Waals surface area contributed by atoms with E-state index in [-0.39, 0.29) is 5.91 Å². The molecule has 0 aliphatic rings. The Labute approximate surface area is 195 Å². The maximum Gasteiger partial charge on any atom is 0.255 e. The van der Waals surface area contributed by atoms with E-state index < -0.39 is 0 Å². The van der Waals surface area contributed by atoms with E-state index in [0.717, 1.165) is 27.9 Å². The number of nitrogens with zero attached hydrogens (tertiary/aromatic N) is 2. The van der Waals surface area contributed by atoms with Gasteiger partial charge in [0.15, 0.2) is 0 Å². The van der Waals surface area contributed by atoms with Gasteiger partial charge in [0.25, 0.3) is 5.91 Å². The number of hydrogen-bond donors (Lipinski definition) is 1. The molecule has 0 saturated heterocycles. The van der Waals surface area contributed by atoms with Crippen molar-refractivity contribution in [3.63, 3.8) is 0 Å². The first-order valence-electron chi connectivity index (χ1n) is 9.94. The van der Waals surface area contributed by atoms with Crippen molar-refractivity contribution < 1.29 is 9.53 Å². The van der Waals surface area contributed by atoms with Crippen LogP contribution in [0, 0.1) is 11.3 Å². The lowest BCUT2D eigenvalue weighted by atomic mass is 10.0. The molecule has 0 radical (unpaired) electrons. The molecule has 0 unspecified atom stereocenters. The highest BCUT2D eigenvalue weighted by atomic mass is 35.5. The number of aromatic nitrogens is 1. The molecule has 32 heavy (non-hydrogen) atoms. The van der Waals surface area contributed by atoms with Crippen LogP contribution in [-0.2, 0) is 6.54 Å². The Bertz CT molecular complexity index is 1370. The number of fused-ring (bicyclic) bond motifs is 1. The molecule has 5 nitrogen and oxygen atoms in total. The largest absolute Gasteiger partial charge is 0.497 e. The summed E-state index contributed by atoms with van der Waals surface area (Å²) in [6, 6.07) is 20.1. The summed E-state index contributed by atoms with van der Waals surface area (Å²) in [7, 11) is 1.62. The van der Waals surface area contributed by atoms with Crippen LogP contribution in [0.1, 0.15) is 22.8 Å². The molecule has 3 aromatic carbocycles. The molecular formula is C25H19Cl2N3O2. The minimum Gasteiger partial charge on any atom is -0.497 e. The van der Waals surface area contributed by atoms with Crippen LogP contribution in [0.2, 0.25) is 10.0 Å². The number of halogens is 2. The van der Waals surface area contributed by atoms with Gasteiger partial charge in [0, 0.05) is 29.2 Å². The van der Waals surface area contributed by atoms with E-state index in [1.165, 1.54) is 0 Å². The topological polar surface area (TPSA) is 67.0 Å². The number of anilines is 1. The van der Waals surface area contributed by atoms with Gasteiger partial charge in [0.05, 0.1) is 33.9 Å². The molecule has 7 heteroatoms. The van der Waals surface area contributed by atoms with Crippen LogP contribution >= 0.6 is 23.2 Å². The van der Waals surface area contributed by atoms with Crippen molar-refractivity contribution in [3.05, 3.63) is 81.8 Å². The molecule has 160 valence electrons. The fraction of sp³-hybridized carbons (Fsp3) is 0.120. The average molecular weight is 464 g/mol. The number of aryl methyl sites for hydroxylation is 1. The van der Waals surface area contributed by atoms with Gasteiger partial charge in [-0.05, 0) is 55.0 Å². The van der Waals surface area contributed by atoms with E-state index in [1.54, 1.807) is 37.4 Å². The number of carbonyl (C=O) groups excluding carboxylic acids is 1. The maximum absolute atomic E-state index is 12.7. The highest BCUT2D eigenvalue weighted by Crippen LogP contribution is 2.35. The second-order valence-electron chi connectivity index (χ2n) is 7.12. The van der Waals surface area contributed by atoms with Gasteiger partial charge >= 0.3 is 0 Å². The monoisotopic (exact) mass is 463 g/mol. The lowest BCUT2D eigenvalue weighted by Crippen LogP contribution is -2.11. The normalized spacial score (nSPS) is 10.7. The van der Waals surface area contributed by atoms with E-state index in [0.29, 0.717) is 33.4 Å². The van der Waals surface area contributed by atoms with Crippen LogP contribution in [0.3, 0.4) is 0 Å². The predicted molar refractivity (Wildman–Crippen MR) is 129 cm³/mol. The highest BCUT2D eigenvalue weighted by molar-refractivity contribution is 6.42. The molecule has 0 saturated carbocycles. The van der Waals surface area contributed by atoms with Crippen LogP contribution < -0.4 is 10.1 Å². The third kappa shape index (κ3) is 3.91. The summed E-state index contributed by atoms with van der Waals surface area (Å²) in [5.74, 6) is 0.464. The van der Waals surface area contributed by atoms with Gasteiger partial charge in [-0.3, -0.25) is 4.79 Å². The van der Waals surface area contributed by atoms with Crippen LogP contribution in [0.15, 0.2) is 60.7 Å². The van der Waals surface area contributed by atoms with Gasteiger partial charge in [-0.15, -0.1) is 0 Å². The molecule has 4 rings (SSSR count). The van der Waals surface area contributed by atoms with E-state index >= 15 is 0 Å². The fourth-order valence-electron chi connectivity index (χ4n) is 3.75. The van der Waals surface area contributed by atoms with Crippen molar-refractivity contribution >= 4 is 45.7 Å². The Hall–Kier alpha value is -3.46. The zero-order valence-corrected chi connectivity index (χ0v) is 19.0. The van der Waals surface area contributed by atoms with Crippen LogP contribution in [0.4, 0.5) is 5.69 Å². The van der Waals surface area contributed by atoms with Gasteiger partial charge in [0.1, 0.15) is 11.8 Å². The van der Waals surface area contributed by atoms with E-state index in [1.807, 2.05) is 37.3 Å². The van der Waals surface area contributed by atoms with Gasteiger partial charge < -0.3 is 14.6 Å². The first kappa shape index (κ1) is 21.8. The van der Waals surface area contributed by atoms with Crippen molar-refractivity contribution in [1.29, 1.82) is 5.26 Å². The molecular weight excluding hydrogens is 445 g/mol. The first-order valence-corrected chi connectivity index (χ1v) is 10.7. The number of carbonyl (C=O) groups is 1. The Morgan fingerprint density at radius 3 is 2.44 bits per heavy atom. The number of hydrogen-bond acceptors (Lipinski definition) is 3. The number of nitriles is 1. The molecule has 4 aromatic rings. The second kappa shape index (κ2) is 8.96. The summed E-state index contributed by atoms with van der Waals surface area (Å²) in [5, 5.41) is 14.4. The van der Waals surface area contributed by atoms with Crippen molar-refractivity contribution in [2.24, 2.45) is 0 Å². The summed E-state index contributed by atoms with van der Waals surface area (Å²) in [5.41, 5.74) is 4.23. The molecule has 1 heterocycles. The summed E-state index contributed by atoms with van der Waals surface area (Å²) in [6.07, 6.45) is 0. The fourth-order valence-corrected chi connectivity index (χ4v) is 4.05. The minimum absolute atomic E-state index is 0.267. The quantitative estimate of drug-likeness (QED) is 0.355. The maximum atomic E-state index is 12.7. The number of rotatable bonds is 5. The van der Waals surface area contributed by atoms with E-state index in [4.69, 9.17) is 27.9 Å². The first-order chi connectivity index (χ1) is 15.5. The van der Waals surface area contributed by atoms with Crippen molar-refractivity contribution in [2.45, 2.75) is 13.5 Å². The number of benzene rings is 3. The van der Waals surface area contributed by atoms with E-state index in [2.05, 4.69) is 16.0 Å². The predicted octanol–water partition coefficient (Wildman–Crippen LogP) is 6.77. The Morgan fingerprint density at radius 1 is 1.06 bits per heavy atom. The molecule has 0 atom stereocenters. The molecule has 1 amide bonds. The summed E-state index contributed by atoms with van der Waals surface area (Å²) >= 11 is 12.0. The standard InChI is InChI=1S/C25H19Cl2N3O2/c1-3-30-23-13-18(32-2)9-10-19(23)20(14-28)24(30)15-4-6-16(7-5-15)25(31)29-17-8-11-21(26)22(27)12-17/h4-13H,3H2,1-2H3,(H,29,31). The SMILES string of the molecule is CCn1c(-c2ccc(C(=O)Nc3ccc(Cl)c(Cl)c3)cc2)c(C#N)c2ccc(OC)cc21. The zero-order valence-electron chi connectivity index (χ0n) is 17.4.